The molecule has 1 fully saturated rings. The molecule has 0 saturated carbocycles. The summed E-state index contributed by atoms with van der Waals surface area (Å²) in [6.45, 7) is 5.68. The van der Waals surface area contributed by atoms with Gasteiger partial charge in [-0.1, -0.05) is 0 Å². The summed E-state index contributed by atoms with van der Waals surface area (Å²) in [4.78, 5) is 23.9. The van der Waals surface area contributed by atoms with Gasteiger partial charge in [0.1, 0.15) is 5.60 Å². The first kappa shape index (κ1) is 12.8. The summed E-state index contributed by atoms with van der Waals surface area (Å²) < 4.78 is 5.15. The first-order valence-electron chi connectivity index (χ1n) is 5.52. The minimum atomic E-state index is -1.20. The van der Waals surface area contributed by atoms with Gasteiger partial charge in [-0.25, -0.2) is 4.79 Å². The molecule has 1 amide bonds. The normalized spacial score (nSPS) is 21.7. The maximum absolute atomic E-state index is 11.7. The molecule has 0 N–H and O–H groups in total. The van der Waals surface area contributed by atoms with Crippen LogP contribution in [0.5, 0.6) is 0 Å². The molecule has 1 aliphatic heterocycles. The molecule has 0 unspecified atom stereocenters. The Morgan fingerprint density at radius 1 is 1.31 bits per heavy atom. The highest BCUT2D eigenvalue weighted by Crippen LogP contribution is 2.19. The van der Waals surface area contributed by atoms with E-state index in [0.29, 0.717) is 13.0 Å². The van der Waals surface area contributed by atoms with Crippen LogP contribution in [-0.2, 0) is 9.53 Å². The molecule has 5 heteroatoms. The van der Waals surface area contributed by atoms with Crippen LogP contribution in [0.15, 0.2) is 0 Å². The zero-order valence-electron chi connectivity index (χ0n) is 9.99. The third-order valence-corrected chi connectivity index (χ3v) is 2.40. The maximum atomic E-state index is 11.7. The second kappa shape index (κ2) is 4.72. The minimum Gasteiger partial charge on any atom is -0.548 e. The minimum absolute atomic E-state index is 0.424. The number of aliphatic carboxylic acids is 1. The van der Waals surface area contributed by atoms with E-state index in [1.54, 1.807) is 20.8 Å². The van der Waals surface area contributed by atoms with Crippen LogP contribution in [0.2, 0.25) is 0 Å². The van der Waals surface area contributed by atoms with Crippen LogP contribution in [0.3, 0.4) is 0 Å². The van der Waals surface area contributed by atoms with Crippen molar-refractivity contribution in [1.29, 1.82) is 0 Å². The highest BCUT2D eigenvalue weighted by molar-refractivity contribution is 5.79. The van der Waals surface area contributed by atoms with Gasteiger partial charge in [-0.3, -0.25) is 4.90 Å². The third kappa shape index (κ3) is 3.40. The van der Waals surface area contributed by atoms with Crippen molar-refractivity contribution in [2.75, 3.05) is 6.54 Å². The van der Waals surface area contributed by atoms with Gasteiger partial charge in [0, 0.05) is 6.54 Å². The molecule has 0 aliphatic carbocycles. The monoisotopic (exact) mass is 228 g/mol. The van der Waals surface area contributed by atoms with E-state index in [-0.39, 0.29) is 0 Å². The van der Waals surface area contributed by atoms with E-state index in [0.717, 1.165) is 12.8 Å². The molecular formula is C11H18NO4-. The molecule has 1 rings (SSSR count). The van der Waals surface area contributed by atoms with Gasteiger partial charge in [-0.2, -0.15) is 0 Å². The Bertz CT molecular complexity index is 282. The molecule has 5 nitrogen and oxygen atoms in total. The SMILES string of the molecule is CC(C)(C)OC(=O)N1CCCC[C@@H]1C(=O)[O-]. The third-order valence-electron chi connectivity index (χ3n) is 2.40. The van der Waals surface area contributed by atoms with E-state index in [2.05, 4.69) is 0 Å². The lowest BCUT2D eigenvalue weighted by molar-refractivity contribution is -0.312. The number of rotatable bonds is 1. The van der Waals surface area contributed by atoms with Gasteiger partial charge in [0.2, 0.25) is 0 Å². The summed E-state index contributed by atoms with van der Waals surface area (Å²) in [5.41, 5.74) is -0.606. The number of carboxylic acids is 1. The van der Waals surface area contributed by atoms with E-state index in [9.17, 15) is 14.7 Å². The largest absolute Gasteiger partial charge is 0.548 e. The van der Waals surface area contributed by atoms with E-state index >= 15 is 0 Å². The summed E-state index contributed by atoms with van der Waals surface area (Å²) >= 11 is 0. The number of hydrogen-bond donors (Lipinski definition) is 0. The van der Waals surface area contributed by atoms with Crippen molar-refractivity contribution in [3.63, 3.8) is 0 Å². The van der Waals surface area contributed by atoms with Crippen LogP contribution < -0.4 is 5.11 Å². The lowest BCUT2D eigenvalue weighted by atomic mass is 10.0. The number of ether oxygens (including phenoxy) is 1. The zero-order valence-corrected chi connectivity index (χ0v) is 9.99. The van der Waals surface area contributed by atoms with Crippen LogP contribution in [-0.4, -0.2) is 35.2 Å². The summed E-state index contributed by atoms with van der Waals surface area (Å²) in [6, 6.07) is -0.844. The molecular weight excluding hydrogens is 210 g/mol. The topological polar surface area (TPSA) is 69.7 Å². The van der Waals surface area contributed by atoms with E-state index in [1.165, 1.54) is 4.90 Å². The lowest BCUT2D eigenvalue weighted by Crippen LogP contribution is -2.53. The van der Waals surface area contributed by atoms with Crippen LogP contribution >= 0.6 is 0 Å². The second-order valence-corrected chi connectivity index (χ2v) is 5.00. The van der Waals surface area contributed by atoms with Gasteiger partial charge in [-0.15, -0.1) is 0 Å². The average Bonchev–Trinajstić information content (AvgIpc) is 2.15. The Morgan fingerprint density at radius 3 is 2.44 bits per heavy atom. The molecule has 0 bridgehead atoms. The number of nitrogens with zero attached hydrogens (tertiary/aromatic N) is 1. The molecule has 1 atom stereocenters. The Morgan fingerprint density at radius 2 is 1.94 bits per heavy atom. The van der Waals surface area contributed by atoms with E-state index in [4.69, 9.17) is 4.74 Å². The zero-order chi connectivity index (χ0) is 12.3. The molecule has 16 heavy (non-hydrogen) atoms. The quantitative estimate of drug-likeness (QED) is 0.656. The highest BCUT2D eigenvalue weighted by atomic mass is 16.6. The number of hydrogen-bond acceptors (Lipinski definition) is 4. The highest BCUT2D eigenvalue weighted by Gasteiger charge is 2.30. The standard InChI is InChI=1S/C11H19NO4/c1-11(2,3)16-10(15)12-7-5-4-6-8(12)9(13)14/h8H,4-7H2,1-3H3,(H,13,14)/p-1/t8-/m1/s1. The first-order chi connectivity index (χ1) is 7.31. The molecule has 92 valence electrons. The number of amides is 1. The van der Waals surface area contributed by atoms with Crippen molar-refractivity contribution < 1.29 is 19.4 Å². The number of carbonyl (C=O) groups is 2. The summed E-state index contributed by atoms with van der Waals surface area (Å²) in [5.74, 6) is -1.20. The van der Waals surface area contributed by atoms with E-state index in [1.807, 2.05) is 0 Å². The predicted molar refractivity (Wildman–Crippen MR) is 55.6 cm³/mol. The molecule has 0 radical (unpaired) electrons. The fourth-order valence-electron chi connectivity index (χ4n) is 1.72. The fourth-order valence-corrected chi connectivity index (χ4v) is 1.72. The van der Waals surface area contributed by atoms with Crippen molar-refractivity contribution in [3.05, 3.63) is 0 Å². The van der Waals surface area contributed by atoms with Gasteiger partial charge >= 0.3 is 6.09 Å². The smallest absolute Gasteiger partial charge is 0.410 e. The predicted octanol–water partition coefficient (Wildman–Crippen LogP) is 0.526. The van der Waals surface area contributed by atoms with Gasteiger partial charge in [-0.05, 0) is 40.0 Å². The van der Waals surface area contributed by atoms with Gasteiger partial charge in [0.25, 0.3) is 0 Å². The Hall–Kier alpha value is -1.26. The van der Waals surface area contributed by atoms with Crippen molar-refractivity contribution in [2.45, 2.75) is 51.7 Å². The first-order valence-corrected chi connectivity index (χ1v) is 5.52. The fraction of sp³-hybridized carbons (Fsp3) is 0.818. The number of carboxylic acid groups (broad SMARTS) is 1. The summed E-state index contributed by atoms with van der Waals surface area (Å²) in [6.07, 6.45) is 1.49. The van der Waals surface area contributed by atoms with Crippen LogP contribution in [0.25, 0.3) is 0 Å². The molecule has 0 aromatic carbocycles. The van der Waals surface area contributed by atoms with Gasteiger partial charge in [0.05, 0.1) is 12.0 Å². The van der Waals surface area contributed by atoms with Crippen molar-refractivity contribution in [1.82, 2.24) is 4.90 Å². The van der Waals surface area contributed by atoms with Crippen LogP contribution in [0.1, 0.15) is 40.0 Å². The average molecular weight is 228 g/mol. The van der Waals surface area contributed by atoms with Crippen LogP contribution in [0.4, 0.5) is 4.79 Å². The number of carbonyl (C=O) groups excluding carboxylic acids is 2. The summed E-state index contributed by atoms with van der Waals surface area (Å²) in [7, 11) is 0. The molecule has 0 spiro atoms. The molecule has 1 heterocycles. The Labute approximate surface area is 95.4 Å². The molecule has 1 saturated heterocycles. The number of likely N-dealkylation sites (tertiary alicyclic amines) is 1. The van der Waals surface area contributed by atoms with Crippen molar-refractivity contribution >= 4 is 12.1 Å². The molecule has 0 aromatic heterocycles. The second-order valence-electron chi connectivity index (χ2n) is 5.00. The Kier molecular flexibility index (Phi) is 3.78. The molecule has 1 aliphatic rings. The Balaban J connectivity index is 2.68. The van der Waals surface area contributed by atoms with Gasteiger partial charge < -0.3 is 14.6 Å². The van der Waals surface area contributed by atoms with Crippen molar-refractivity contribution in [3.8, 4) is 0 Å². The number of piperidine rings is 1. The van der Waals surface area contributed by atoms with Crippen LogP contribution in [0, 0.1) is 0 Å². The lowest BCUT2D eigenvalue weighted by Gasteiger charge is -2.37. The van der Waals surface area contributed by atoms with E-state index < -0.39 is 23.7 Å². The molecule has 0 aromatic rings. The van der Waals surface area contributed by atoms with Crippen molar-refractivity contribution in [2.24, 2.45) is 0 Å². The maximum Gasteiger partial charge on any atom is 0.410 e. The summed E-state index contributed by atoms with van der Waals surface area (Å²) in [5, 5.41) is 10.9. The van der Waals surface area contributed by atoms with Gasteiger partial charge in [0.15, 0.2) is 0 Å².